The van der Waals surface area contributed by atoms with Crippen LogP contribution in [0.3, 0.4) is 0 Å². The number of hydrogen-bond donors (Lipinski definition) is 1. The number of amides is 1. The first-order chi connectivity index (χ1) is 15.3. The third kappa shape index (κ3) is 4.75. The van der Waals surface area contributed by atoms with Gasteiger partial charge in [-0.05, 0) is 42.3 Å². The Hall–Kier alpha value is -3.39. The molecule has 1 amide bonds. The first kappa shape index (κ1) is 21.8. The van der Waals surface area contributed by atoms with Crippen LogP contribution in [0.2, 0.25) is 0 Å². The average Bonchev–Trinajstić information content (AvgIpc) is 2.79. The molecule has 1 aliphatic rings. The van der Waals surface area contributed by atoms with E-state index in [0.29, 0.717) is 17.0 Å². The van der Waals surface area contributed by atoms with Crippen molar-refractivity contribution in [2.45, 2.75) is 24.8 Å². The lowest BCUT2D eigenvalue weighted by molar-refractivity contribution is -0.128. The van der Waals surface area contributed by atoms with Gasteiger partial charge in [-0.15, -0.1) is 0 Å². The summed E-state index contributed by atoms with van der Waals surface area (Å²) >= 11 is 0. The Kier molecular flexibility index (Phi) is 6.14. The molecule has 4 rings (SSSR count). The summed E-state index contributed by atoms with van der Waals surface area (Å²) in [4.78, 5) is 13.0. The summed E-state index contributed by atoms with van der Waals surface area (Å²) in [7, 11) is -3.77. The standard InChI is InChI=1S/C24H23FN2O4S/c1-17(19-11-13-20(25)14-12-19)26-24(28)23-15-27(21-9-5-6-10-22(21)31-23)32(29,30)16-18-7-3-2-4-8-18/h2-14,17,23H,15-16H2,1H3,(H,26,28)/t17-,23+/m0/s1. The van der Waals surface area contributed by atoms with Gasteiger partial charge in [-0.2, -0.15) is 0 Å². The fourth-order valence-electron chi connectivity index (χ4n) is 3.61. The highest BCUT2D eigenvalue weighted by Crippen LogP contribution is 2.36. The first-order valence-electron chi connectivity index (χ1n) is 10.2. The molecule has 0 bridgehead atoms. The van der Waals surface area contributed by atoms with E-state index in [2.05, 4.69) is 5.32 Å². The number of para-hydroxylation sites is 2. The smallest absolute Gasteiger partial charge is 0.263 e. The van der Waals surface area contributed by atoms with Gasteiger partial charge in [-0.25, -0.2) is 12.8 Å². The molecule has 0 aromatic heterocycles. The molecule has 0 spiro atoms. The number of nitrogens with zero attached hydrogens (tertiary/aromatic N) is 1. The van der Waals surface area contributed by atoms with Crippen molar-refractivity contribution in [2.75, 3.05) is 10.8 Å². The Bertz CT molecular complexity index is 1200. The maximum absolute atomic E-state index is 13.3. The van der Waals surface area contributed by atoms with Crippen LogP contribution in [0.15, 0.2) is 78.9 Å². The monoisotopic (exact) mass is 454 g/mol. The van der Waals surface area contributed by atoms with Gasteiger partial charge in [0, 0.05) is 0 Å². The van der Waals surface area contributed by atoms with Crippen LogP contribution in [-0.4, -0.2) is 27.0 Å². The van der Waals surface area contributed by atoms with Crippen molar-refractivity contribution in [3.05, 3.63) is 95.8 Å². The molecule has 32 heavy (non-hydrogen) atoms. The zero-order chi connectivity index (χ0) is 22.7. The predicted octanol–water partition coefficient (Wildman–Crippen LogP) is 3.80. The van der Waals surface area contributed by atoms with Crippen LogP contribution in [0.4, 0.5) is 10.1 Å². The number of halogens is 1. The Morgan fingerprint density at radius 3 is 2.44 bits per heavy atom. The average molecular weight is 455 g/mol. The molecule has 1 heterocycles. The lowest BCUT2D eigenvalue weighted by atomic mass is 10.1. The minimum Gasteiger partial charge on any atom is -0.476 e. The van der Waals surface area contributed by atoms with Crippen LogP contribution >= 0.6 is 0 Å². The number of carbonyl (C=O) groups is 1. The summed E-state index contributed by atoms with van der Waals surface area (Å²) in [6, 6.07) is 21.1. The van der Waals surface area contributed by atoms with Gasteiger partial charge < -0.3 is 10.1 Å². The molecule has 6 nitrogen and oxygen atoms in total. The van der Waals surface area contributed by atoms with Gasteiger partial charge in [0.15, 0.2) is 6.10 Å². The van der Waals surface area contributed by atoms with Gasteiger partial charge in [0.2, 0.25) is 10.0 Å². The fraction of sp³-hybridized carbons (Fsp3) is 0.208. The van der Waals surface area contributed by atoms with Gasteiger partial charge in [0.25, 0.3) is 5.91 Å². The summed E-state index contributed by atoms with van der Waals surface area (Å²) in [6.45, 7) is 1.62. The second kappa shape index (κ2) is 9.00. The summed E-state index contributed by atoms with van der Waals surface area (Å²) in [5.41, 5.74) is 1.78. The van der Waals surface area contributed by atoms with Crippen molar-refractivity contribution in [3.63, 3.8) is 0 Å². The summed E-state index contributed by atoms with van der Waals surface area (Å²) in [5.74, 6) is -0.678. The Morgan fingerprint density at radius 1 is 1.06 bits per heavy atom. The van der Waals surface area contributed by atoms with Crippen molar-refractivity contribution in [3.8, 4) is 5.75 Å². The lowest BCUT2D eigenvalue weighted by Gasteiger charge is -2.35. The number of sulfonamides is 1. The minimum atomic E-state index is -3.77. The fourth-order valence-corrected chi connectivity index (χ4v) is 5.19. The van der Waals surface area contributed by atoms with E-state index in [-0.39, 0.29) is 18.1 Å². The second-order valence-corrected chi connectivity index (χ2v) is 9.52. The molecule has 8 heteroatoms. The molecule has 0 saturated carbocycles. The first-order valence-corrected chi connectivity index (χ1v) is 11.8. The van der Waals surface area contributed by atoms with Gasteiger partial charge >= 0.3 is 0 Å². The number of anilines is 1. The summed E-state index contributed by atoms with van der Waals surface area (Å²) in [5, 5.41) is 2.83. The topological polar surface area (TPSA) is 75.7 Å². The van der Waals surface area contributed by atoms with E-state index in [9.17, 15) is 17.6 Å². The van der Waals surface area contributed by atoms with Crippen molar-refractivity contribution in [2.24, 2.45) is 0 Å². The Balaban J connectivity index is 1.56. The molecule has 0 saturated heterocycles. The van der Waals surface area contributed by atoms with E-state index in [0.717, 1.165) is 5.56 Å². The Morgan fingerprint density at radius 2 is 1.72 bits per heavy atom. The third-order valence-electron chi connectivity index (χ3n) is 5.28. The van der Waals surface area contributed by atoms with E-state index in [4.69, 9.17) is 4.74 Å². The summed E-state index contributed by atoms with van der Waals surface area (Å²) < 4.78 is 46.8. The number of benzene rings is 3. The number of fused-ring (bicyclic) bond motifs is 1. The van der Waals surface area contributed by atoms with E-state index in [1.54, 1.807) is 67.6 Å². The van der Waals surface area contributed by atoms with E-state index >= 15 is 0 Å². The third-order valence-corrected chi connectivity index (χ3v) is 7.00. The van der Waals surface area contributed by atoms with Gasteiger partial charge in [-0.3, -0.25) is 9.10 Å². The highest BCUT2D eigenvalue weighted by molar-refractivity contribution is 7.92. The number of nitrogens with one attached hydrogen (secondary N) is 1. The van der Waals surface area contributed by atoms with Crippen LogP contribution in [0.1, 0.15) is 24.1 Å². The van der Waals surface area contributed by atoms with Gasteiger partial charge in [-0.1, -0.05) is 54.6 Å². The van der Waals surface area contributed by atoms with Crippen LogP contribution in [-0.2, 0) is 20.6 Å². The molecule has 166 valence electrons. The van der Waals surface area contributed by atoms with E-state index in [1.165, 1.54) is 16.4 Å². The van der Waals surface area contributed by atoms with E-state index in [1.807, 2.05) is 6.07 Å². The lowest BCUT2D eigenvalue weighted by Crippen LogP contribution is -2.51. The second-order valence-electron chi connectivity index (χ2n) is 7.63. The van der Waals surface area contributed by atoms with Crippen LogP contribution in [0.5, 0.6) is 5.75 Å². The maximum atomic E-state index is 13.3. The Labute approximate surface area is 186 Å². The normalized spacial score (nSPS) is 16.6. The van der Waals surface area contributed by atoms with Crippen LogP contribution in [0.25, 0.3) is 0 Å². The molecule has 0 unspecified atom stereocenters. The molecule has 3 aromatic carbocycles. The molecule has 2 atom stereocenters. The molecular weight excluding hydrogens is 431 g/mol. The van der Waals surface area contributed by atoms with Gasteiger partial charge in [0.1, 0.15) is 11.6 Å². The number of hydrogen-bond acceptors (Lipinski definition) is 4. The summed E-state index contributed by atoms with van der Waals surface area (Å²) in [6.07, 6.45) is -1.03. The zero-order valence-corrected chi connectivity index (χ0v) is 18.3. The molecule has 0 radical (unpaired) electrons. The maximum Gasteiger partial charge on any atom is 0.263 e. The number of carbonyl (C=O) groups excluding carboxylic acids is 1. The predicted molar refractivity (Wildman–Crippen MR) is 120 cm³/mol. The molecule has 0 fully saturated rings. The highest BCUT2D eigenvalue weighted by Gasteiger charge is 2.37. The van der Waals surface area contributed by atoms with E-state index < -0.39 is 28.1 Å². The molecule has 3 aromatic rings. The highest BCUT2D eigenvalue weighted by atomic mass is 32.2. The quantitative estimate of drug-likeness (QED) is 0.615. The van der Waals surface area contributed by atoms with Crippen molar-refractivity contribution < 1.29 is 22.3 Å². The molecule has 1 N–H and O–H groups in total. The van der Waals surface area contributed by atoms with Crippen molar-refractivity contribution >= 4 is 21.6 Å². The number of rotatable bonds is 6. The molecule has 0 aliphatic carbocycles. The van der Waals surface area contributed by atoms with Crippen LogP contribution < -0.4 is 14.4 Å². The minimum absolute atomic E-state index is 0.145. The van der Waals surface area contributed by atoms with Crippen molar-refractivity contribution in [1.29, 1.82) is 0 Å². The van der Waals surface area contributed by atoms with Gasteiger partial charge in [0.05, 0.1) is 24.0 Å². The SMILES string of the molecule is C[C@H](NC(=O)[C@H]1CN(S(=O)(=O)Cc2ccccc2)c2ccccc2O1)c1ccc(F)cc1. The molecule has 1 aliphatic heterocycles. The zero-order valence-electron chi connectivity index (χ0n) is 17.4. The molecular formula is C24H23FN2O4S. The number of ether oxygens (including phenoxy) is 1. The van der Waals surface area contributed by atoms with Crippen molar-refractivity contribution in [1.82, 2.24) is 5.32 Å². The largest absolute Gasteiger partial charge is 0.476 e. The van der Waals surface area contributed by atoms with Crippen LogP contribution in [0, 0.1) is 5.82 Å².